The van der Waals surface area contributed by atoms with E-state index in [0.29, 0.717) is 32.7 Å². The van der Waals surface area contributed by atoms with Crippen LogP contribution in [-0.2, 0) is 27.4 Å². The highest BCUT2D eigenvalue weighted by Crippen LogP contribution is 2.30. The number of aliphatic hydroxyl groups is 1. The van der Waals surface area contributed by atoms with Crippen LogP contribution in [0.25, 0.3) is 0 Å². The summed E-state index contributed by atoms with van der Waals surface area (Å²) in [6.45, 7) is 3.40. The predicted octanol–water partition coefficient (Wildman–Crippen LogP) is 2.98. The molecule has 32 heavy (non-hydrogen) atoms. The largest absolute Gasteiger partial charge is 0.416 e. The molecular weight excluding hydrogens is 445 g/mol. The zero-order valence-electron chi connectivity index (χ0n) is 17.7. The number of sulfonamides is 1. The maximum atomic E-state index is 12.9. The SMILES string of the molecule is CC(Cc1ccc(S(=O)(=O)N2CCOCC2)cc1)NCC(O)c1cccc(C(F)(F)F)c1. The molecule has 2 atom stereocenters. The number of hydrogen-bond donors (Lipinski definition) is 2. The highest BCUT2D eigenvalue weighted by molar-refractivity contribution is 7.89. The van der Waals surface area contributed by atoms with Crippen LogP contribution in [0, 0.1) is 0 Å². The third-order valence-corrected chi connectivity index (χ3v) is 7.24. The lowest BCUT2D eigenvalue weighted by Crippen LogP contribution is -2.40. The number of morpholine rings is 1. The summed E-state index contributed by atoms with van der Waals surface area (Å²) in [7, 11) is -3.55. The first-order valence-corrected chi connectivity index (χ1v) is 11.8. The molecule has 1 aliphatic rings. The van der Waals surface area contributed by atoms with Crippen molar-refractivity contribution in [2.24, 2.45) is 0 Å². The zero-order valence-corrected chi connectivity index (χ0v) is 18.5. The van der Waals surface area contributed by atoms with Crippen molar-refractivity contribution >= 4 is 10.0 Å². The van der Waals surface area contributed by atoms with Gasteiger partial charge in [-0.1, -0.05) is 24.3 Å². The molecule has 10 heteroatoms. The first-order valence-electron chi connectivity index (χ1n) is 10.3. The molecule has 1 heterocycles. The Morgan fingerprint density at radius 2 is 1.78 bits per heavy atom. The molecule has 1 saturated heterocycles. The number of benzene rings is 2. The molecule has 2 aromatic carbocycles. The Balaban J connectivity index is 1.54. The summed E-state index contributed by atoms with van der Waals surface area (Å²) in [6.07, 6.45) is -4.98. The molecule has 2 unspecified atom stereocenters. The third kappa shape index (κ3) is 6.29. The molecule has 0 bridgehead atoms. The van der Waals surface area contributed by atoms with E-state index in [1.807, 2.05) is 6.92 Å². The van der Waals surface area contributed by atoms with Gasteiger partial charge in [-0.05, 0) is 48.7 Å². The van der Waals surface area contributed by atoms with Crippen molar-refractivity contribution in [2.75, 3.05) is 32.8 Å². The van der Waals surface area contributed by atoms with Gasteiger partial charge < -0.3 is 15.2 Å². The molecule has 0 amide bonds. The Hall–Kier alpha value is -1.98. The molecule has 2 aromatic rings. The summed E-state index contributed by atoms with van der Waals surface area (Å²) in [5.41, 5.74) is 0.297. The zero-order chi connectivity index (χ0) is 23.4. The van der Waals surface area contributed by atoms with Crippen molar-refractivity contribution in [1.82, 2.24) is 9.62 Å². The summed E-state index contributed by atoms with van der Waals surface area (Å²) in [6, 6.07) is 11.2. The summed E-state index contributed by atoms with van der Waals surface area (Å²) in [4.78, 5) is 0.226. The Bertz CT molecular complexity index is 991. The van der Waals surface area contributed by atoms with E-state index < -0.39 is 27.9 Å². The minimum atomic E-state index is -4.46. The lowest BCUT2D eigenvalue weighted by molar-refractivity contribution is -0.137. The molecule has 1 fully saturated rings. The first-order chi connectivity index (χ1) is 15.1. The highest BCUT2D eigenvalue weighted by Gasteiger charge is 2.31. The second-order valence-electron chi connectivity index (χ2n) is 7.81. The number of aliphatic hydroxyl groups excluding tert-OH is 1. The monoisotopic (exact) mass is 472 g/mol. The maximum absolute atomic E-state index is 12.9. The number of halogens is 3. The molecule has 0 aliphatic carbocycles. The van der Waals surface area contributed by atoms with E-state index in [1.165, 1.54) is 16.4 Å². The van der Waals surface area contributed by atoms with E-state index in [2.05, 4.69) is 5.32 Å². The lowest BCUT2D eigenvalue weighted by atomic mass is 10.0. The van der Waals surface area contributed by atoms with E-state index in [9.17, 15) is 26.7 Å². The van der Waals surface area contributed by atoms with Crippen LogP contribution in [0.4, 0.5) is 13.2 Å². The van der Waals surface area contributed by atoms with Gasteiger partial charge in [0, 0.05) is 25.7 Å². The highest BCUT2D eigenvalue weighted by atomic mass is 32.2. The normalized spacial score (nSPS) is 17.8. The average Bonchev–Trinajstić information content (AvgIpc) is 2.78. The molecule has 0 saturated carbocycles. The minimum absolute atomic E-state index is 0.0860. The van der Waals surface area contributed by atoms with Crippen LogP contribution < -0.4 is 5.32 Å². The summed E-state index contributed by atoms with van der Waals surface area (Å²) in [5, 5.41) is 13.4. The van der Waals surface area contributed by atoms with Gasteiger partial charge in [-0.3, -0.25) is 0 Å². The van der Waals surface area contributed by atoms with E-state index in [0.717, 1.165) is 17.7 Å². The van der Waals surface area contributed by atoms with Gasteiger partial charge in [-0.15, -0.1) is 0 Å². The van der Waals surface area contributed by atoms with E-state index in [-0.39, 0.29) is 23.0 Å². The minimum Gasteiger partial charge on any atom is -0.387 e. The number of ether oxygens (including phenoxy) is 1. The van der Waals surface area contributed by atoms with Crippen molar-refractivity contribution in [1.29, 1.82) is 0 Å². The number of nitrogens with zero attached hydrogens (tertiary/aromatic N) is 1. The fourth-order valence-corrected chi connectivity index (χ4v) is 4.92. The Morgan fingerprint density at radius 3 is 2.41 bits per heavy atom. The number of rotatable bonds is 8. The molecular formula is C22H27F3N2O4S. The van der Waals surface area contributed by atoms with Crippen molar-refractivity contribution < 1.29 is 31.4 Å². The molecule has 1 aliphatic heterocycles. The van der Waals surface area contributed by atoms with Crippen LogP contribution in [0.5, 0.6) is 0 Å². The van der Waals surface area contributed by atoms with Crippen LogP contribution in [0.15, 0.2) is 53.4 Å². The molecule has 6 nitrogen and oxygen atoms in total. The van der Waals surface area contributed by atoms with E-state index in [4.69, 9.17) is 4.74 Å². The fraction of sp³-hybridized carbons (Fsp3) is 0.455. The van der Waals surface area contributed by atoms with Crippen molar-refractivity contribution in [3.8, 4) is 0 Å². The van der Waals surface area contributed by atoms with Gasteiger partial charge in [0.05, 0.1) is 29.8 Å². The lowest BCUT2D eigenvalue weighted by Gasteiger charge is -2.26. The maximum Gasteiger partial charge on any atom is 0.416 e. The van der Waals surface area contributed by atoms with Crippen molar-refractivity contribution in [2.45, 2.75) is 36.6 Å². The summed E-state index contributed by atoms with van der Waals surface area (Å²) >= 11 is 0. The number of alkyl halides is 3. The summed E-state index contributed by atoms with van der Waals surface area (Å²) in [5.74, 6) is 0. The number of nitrogens with one attached hydrogen (secondary N) is 1. The smallest absolute Gasteiger partial charge is 0.387 e. The van der Waals surface area contributed by atoms with E-state index in [1.54, 1.807) is 24.3 Å². The Labute approximate surface area is 186 Å². The molecule has 3 rings (SSSR count). The van der Waals surface area contributed by atoms with Gasteiger partial charge in [0.1, 0.15) is 0 Å². The number of hydrogen-bond acceptors (Lipinski definition) is 5. The Morgan fingerprint density at radius 1 is 1.12 bits per heavy atom. The molecule has 0 spiro atoms. The van der Waals surface area contributed by atoms with Gasteiger partial charge in [-0.25, -0.2) is 8.42 Å². The summed E-state index contributed by atoms with van der Waals surface area (Å²) < 4.78 is 70.5. The van der Waals surface area contributed by atoms with Crippen LogP contribution >= 0.6 is 0 Å². The van der Waals surface area contributed by atoms with Crippen molar-refractivity contribution in [3.05, 3.63) is 65.2 Å². The molecule has 176 valence electrons. The molecule has 0 aromatic heterocycles. The quantitative estimate of drug-likeness (QED) is 0.618. The van der Waals surface area contributed by atoms with Crippen molar-refractivity contribution in [3.63, 3.8) is 0 Å². The van der Waals surface area contributed by atoms with Gasteiger partial charge in [0.25, 0.3) is 0 Å². The van der Waals surface area contributed by atoms with Gasteiger partial charge >= 0.3 is 6.18 Å². The second-order valence-corrected chi connectivity index (χ2v) is 9.75. The van der Waals surface area contributed by atoms with Crippen LogP contribution in [0.2, 0.25) is 0 Å². The van der Waals surface area contributed by atoms with Gasteiger partial charge in [0.15, 0.2) is 0 Å². The topological polar surface area (TPSA) is 78.9 Å². The fourth-order valence-electron chi connectivity index (χ4n) is 3.51. The molecule has 2 N–H and O–H groups in total. The second kappa shape index (κ2) is 10.3. The molecule has 0 radical (unpaired) electrons. The van der Waals surface area contributed by atoms with Crippen LogP contribution in [0.1, 0.15) is 29.7 Å². The van der Waals surface area contributed by atoms with Gasteiger partial charge in [-0.2, -0.15) is 17.5 Å². The van der Waals surface area contributed by atoms with Gasteiger partial charge in [0.2, 0.25) is 10.0 Å². The van der Waals surface area contributed by atoms with E-state index >= 15 is 0 Å². The predicted molar refractivity (Wildman–Crippen MR) is 114 cm³/mol. The first kappa shape index (κ1) is 24.7. The van der Waals surface area contributed by atoms with Crippen LogP contribution in [-0.4, -0.2) is 56.7 Å². The third-order valence-electron chi connectivity index (χ3n) is 5.33. The standard InChI is InChI=1S/C22H27F3N2O4S/c1-16(26-15-21(28)18-3-2-4-19(14-18)22(23,24)25)13-17-5-7-20(8-6-17)32(29,30)27-9-11-31-12-10-27/h2-8,14,16,21,26,28H,9-13,15H2,1H3. The Kier molecular flexibility index (Phi) is 7.94. The average molecular weight is 473 g/mol. The van der Waals surface area contributed by atoms with Crippen LogP contribution in [0.3, 0.4) is 0 Å².